The molecule has 0 aromatic rings. The Kier molecular flexibility index (Phi) is 16.2. The Balaban J connectivity index is 3.01. The van der Waals surface area contributed by atoms with Crippen molar-refractivity contribution < 1.29 is 0 Å². The molecule has 0 aromatic heterocycles. The van der Waals surface area contributed by atoms with Crippen molar-refractivity contribution >= 4 is 0 Å². The second kappa shape index (κ2) is 16.6. The topological polar surface area (TPSA) is 12.0 Å². The van der Waals surface area contributed by atoms with Crippen LogP contribution in [0, 0.1) is 0 Å². The molecular formula is C19H39N. The lowest BCUT2D eigenvalue weighted by atomic mass is 10.0. The van der Waals surface area contributed by atoms with Crippen LogP contribution in [0.15, 0.2) is 12.3 Å². The predicted octanol–water partition coefficient (Wildman–Crippen LogP) is 6.59. The summed E-state index contributed by atoms with van der Waals surface area (Å²) in [6.45, 7) is 9.46. The molecular weight excluding hydrogens is 242 g/mol. The van der Waals surface area contributed by atoms with Crippen LogP contribution in [-0.4, -0.2) is 6.54 Å². The first-order valence-electron chi connectivity index (χ1n) is 9.22. The third-order valence-corrected chi connectivity index (χ3v) is 4.01. The third-order valence-electron chi connectivity index (χ3n) is 4.01. The number of allylic oxidation sites excluding steroid dienone is 1. The Labute approximate surface area is 128 Å². The summed E-state index contributed by atoms with van der Waals surface area (Å²) in [7, 11) is 0. The maximum absolute atomic E-state index is 4.03. The fraction of sp³-hybridized carbons (Fsp3) is 0.895. The minimum absolute atomic E-state index is 1.01. The third kappa shape index (κ3) is 15.6. The van der Waals surface area contributed by atoms with Crippen LogP contribution in [-0.2, 0) is 0 Å². The van der Waals surface area contributed by atoms with Crippen molar-refractivity contribution in [2.75, 3.05) is 6.54 Å². The first-order chi connectivity index (χ1) is 9.81. The molecule has 0 amide bonds. The van der Waals surface area contributed by atoms with Gasteiger partial charge in [0.1, 0.15) is 0 Å². The molecule has 0 rings (SSSR count). The maximum atomic E-state index is 4.03. The summed E-state index contributed by atoms with van der Waals surface area (Å²) in [6.07, 6.45) is 19.7. The molecule has 1 nitrogen and oxygen atoms in total. The van der Waals surface area contributed by atoms with Gasteiger partial charge >= 0.3 is 0 Å². The zero-order chi connectivity index (χ0) is 14.9. The number of rotatable bonds is 16. The van der Waals surface area contributed by atoms with Gasteiger partial charge in [-0.15, -0.1) is 0 Å². The van der Waals surface area contributed by atoms with Crippen molar-refractivity contribution in [1.82, 2.24) is 5.32 Å². The lowest BCUT2D eigenvalue weighted by molar-refractivity contribution is 0.538. The van der Waals surface area contributed by atoms with Gasteiger partial charge in [-0.05, 0) is 19.8 Å². The molecule has 0 aliphatic rings. The van der Waals surface area contributed by atoms with Crippen molar-refractivity contribution in [2.24, 2.45) is 0 Å². The van der Waals surface area contributed by atoms with Gasteiger partial charge in [0, 0.05) is 12.2 Å². The highest BCUT2D eigenvalue weighted by molar-refractivity contribution is 4.89. The van der Waals surface area contributed by atoms with E-state index in [0.29, 0.717) is 0 Å². The lowest BCUT2D eigenvalue weighted by Crippen LogP contribution is -2.10. The highest BCUT2D eigenvalue weighted by Gasteiger charge is 1.95. The van der Waals surface area contributed by atoms with E-state index < -0.39 is 0 Å². The van der Waals surface area contributed by atoms with E-state index in [1.807, 2.05) is 0 Å². The van der Waals surface area contributed by atoms with E-state index in [1.54, 1.807) is 0 Å². The minimum atomic E-state index is 1.01. The second-order valence-corrected chi connectivity index (χ2v) is 6.13. The molecule has 0 atom stereocenters. The van der Waals surface area contributed by atoms with E-state index in [4.69, 9.17) is 0 Å². The normalized spacial score (nSPS) is 10.7. The van der Waals surface area contributed by atoms with E-state index in [1.165, 1.54) is 89.2 Å². The zero-order valence-corrected chi connectivity index (χ0v) is 14.3. The molecule has 0 aromatic carbocycles. The molecule has 0 aliphatic heterocycles. The van der Waals surface area contributed by atoms with Gasteiger partial charge in [-0.1, -0.05) is 90.6 Å². The van der Waals surface area contributed by atoms with Crippen molar-refractivity contribution in [2.45, 2.75) is 104 Å². The van der Waals surface area contributed by atoms with Gasteiger partial charge in [0.15, 0.2) is 0 Å². The van der Waals surface area contributed by atoms with E-state index >= 15 is 0 Å². The largest absolute Gasteiger partial charge is 0.389 e. The predicted molar refractivity (Wildman–Crippen MR) is 93.1 cm³/mol. The Morgan fingerprint density at radius 1 is 0.650 bits per heavy atom. The first-order valence-corrected chi connectivity index (χ1v) is 9.22. The summed E-state index contributed by atoms with van der Waals surface area (Å²) in [5.74, 6) is 0. The SMILES string of the molecule is C=C(CCCCCCCCCCCCCCC)NCC. The van der Waals surface area contributed by atoms with Crippen LogP contribution in [0.2, 0.25) is 0 Å². The van der Waals surface area contributed by atoms with E-state index in [9.17, 15) is 0 Å². The van der Waals surface area contributed by atoms with Gasteiger partial charge in [0.05, 0.1) is 0 Å². The minimum Gasteiger partial charge on any atom is -0.389 e. The molecule has 0 aliphatic carbocycles. The summed E-state index contributed by atoms with van der Waals surface area (Å²) in [6, 6.07) is 0. The maximum Gasteiger partial charge on any atom is 0.0115 e. The first kappa shape index (κ1) is 19.5. The molecule has 0 bridgehead atoms. The van der Waals surface area contributed by atoms with Crippen LogP contribution in [0.1, 0.15) is 104 Å². The Hall–Kier alpha value is -0.460. The fourth-order valence-corrected chi connectivity index (χ4v) is 2.69. The molecule has 20 heavy (non-hydrogen) atoms. The number of unbranched alkanes of at least 4 members (excludes halogenated alkanes) is 12. The lowest BCUT2D eigenvalue weighted by Gasteiger charge is -2.06. The van der Waals surface area contributed by atoms with Gasteiger partial charge in [0.25, 0.3) is 0 Å². The van der Waals surface area contributed by atoms with Crippen LogP contribution in [0.25, 0.3) is 0 Å². The van der Waals surface area contributed by atoms with Gasteiger partial charge in [0.2, 0.25) is 0 Å². The summed E-state index contributed by atoms with van der Waals surface area (Å²) in [4.78, 5) is 0. The van der Waals surface area contributed by atoms with E-state index in [2.05, 4.69) is 25.7 Å². The summed E-state index contributed by atoms with van der Waals surface area (Å²) >= 11 is 0. The Morgan fingerprint density at radius 2 is 1.05 bits per heavy atom. The van der Waals surface area contributed by atoms with Crippen LogP contribution in [0.3, 0.4) is 0 Å². The molecule has 0 saturated heterocycles. The van der Waals surface area contributed by atoms with Crippen LogP contribution in [0.5, 0.6) is 0 Å². The van der Waals surface area contributed by atoms with Crippen LogP contribution in [0.4, 0.5) is 0 Å². The molecule has 0 radical (unpaired) electrons. The fourth-order valence-electron chi connectivity index (χ4n) is 2.69. The van der Waals surface area contributed by atoms with Gasteiger partial charge in [-0.3, -0.25) is 0 Å². The summed E-state index contributed by atoms with van der Waals surface area (Å²) in [5.41, 5.74) is 1.22. The van der Waals surface area contributed by atoms with Gasteiger partial charge in [-0.25, -0.2) is 0 Å². The number of nitrogens with one attached hydrogen (secondary N) is 1. The molecule has 0 unspecified atom stereocenters. The smallest absolute Gasteiger partial charge is 0.0115 e. The standard InChI is InChI=1S/C19H39N/c1-4-6-7-8-9-10-11-12-13-14-15-16-17-18-19(3)20-5-2/h20H,3-18H2,1-2H3. The van der Waals surface area contributed by atoms with Crippen molar-refractivity contribution in [3.05, 3.63) is 12.3 Å². The van der Waals surface area contributed by atoms with Crippen LogP contribution >= 0.6 is 0 Å². The Bertz CT molecular complexity index is 198. The molecule has 1 N–H and O–H groups in total. The molecule has 0 spiro atoms. The molecule has 120 valence electrons. The second-order valence-electron chi connectivity index (χ2n) is 6.13. The quantitative estimate of drug-likeness (QED) is 0.315. The average Bonchev–Trinajstić information content (AvgIpc) is 2.44. The molecule has 0 heterocycles. The van der Waals surface area contributed by atoms with Crippen molar-refractivity contribution in [1.29, 1.82) is 0 Å². The zero-order valence-electron chi connectivity index (χ0n) is 14.3. The highest BCUT2D eigenvalue weighted by Crippen LogP contribution is 2.13. The number of hydrogen-bond acceptors (Lipinski definition) is 1. The molecule has 0 fully saturated rings. The summed E-state index contributed by atoms with van der Waals surface area (Å²) in [5, 5.41) is 3.29. The van der Waals surface area contributed by atoms with Crippen molar-refractivity contribution in [3.8, 4) is 0 Å². The van der Waals surface area contributed by atoms with Gasteiger partial charge < -0.3 is 5.32 Å². The average molecular weight is 282 g/mol. The monoisotopic (exact) mass is 281 g/mol. The number of hydrogen-bond donors (Lipinski definition) is 1. The van der Waals surface area contributed by atoms with E-state index in [0.717, 1.165) is 13.0 Å². The van der Waals surface area contributed by atoms with Gasteiger partial charge in [-0.2, -0.15) is 0 Å². The molecule has 0 saturated carbocycles. The van der Waals surface area contributed by atoms with E-state index in [-0.39, 0.29) is 0 Å². The van der Waals surface area contributed by atoms with Crippen LogP contribution < -0.4 is 5.32 Å². The summed E-state index contributed by atoms with van der Waals surface area (Å²) < 4.78 is 0. The Morgan fingerprint density at radius 3 is 1.45 bits per heavy atom. The molecule has 1 heteroatoms. The highest BCUT2D eigenvalue weighted by atomic mass is 14.9. The van der Waals surface area contributed by atoms with Crippen molar-refractivity contribution in [3.63, 3.8) is 0 Å².